The van der Waals surface area contributed by atoms with Crippen LogP contribution in [-0.4, -0.2) is 24.6 Å². The fourth-order valence-corrected chi connectivity index (χ4v) is 4.51. The molecule has 0 aliphatic heterocycles. The average Bonchev–Trinajstić information content (AvgIpc) is 3.22. The molecule has 0 radical (unpaired) electrons. The van der Waals surface area contributed by atoms with E-state index in [1.807, 2.05) is 6.07 Å². The van der Waals surface area contributed by atoms with Crippen LogP contribution in [0.2, 0.25) is 5.02 Å². The van der Waals surface area contributed by atoms with Gasteiger partial charge in [0.05, 0.1) is 10.5 Å². The first-order valence-electron chi connectivity index (χ1n) is 8.10. The average molecular weight is 420 g/mol. The molecule has 0 fully saturated rings. The van der Waals surface area contributed by atoms with Crippen molar-refractivity contribution in [3.05, 3.63) is 52.9 Å². The molecule has 0 saturated carbocycles. The van der Waals surface area contributed by atoms with E-state index in [0.717, 1.165) is 17.4 Å². The zero-order valence-electron chi connectivity index (χ0n) is 14.1. The fraction of sp³-hybridized carbons (Fsp3) is 0.111. The summed E-state index contributed by atoms with van der Waals surface area (Å²) in [5.74, 6) is 0.415. The molecule has 0 spiro atoms. The van der Waals surface area contributed by atoms with Crippen molar-refractivity contribution in [1.82, 2.24) is 24.6 Å². The maximum atomic E-state index is 13.1. The Morgan fingerprint density at radius 1 is 1.14 bits per heavy atom. The molecule has 1 aromatic carbocycles. The van der Waals surface area contributed by atoms with E-state index in [9.17, 15) is 13.2 Å². The highest BCUT2D eigenvalue weighted by molar-refractivity contribution is 7.26. The molecule has 5 rings (SSSR count). The number of rotatable bonds is 1. The summed E-state index contributed by atoms with van der Waals surface area (Å²) in [4.78, 5) is 13.0. The number of nitrogens with zero attached hydrogens (tertiary/aromatic N) is 5. The summed E-state index contributed by atoms with van der Waals surface area (Å²) in [5.41, 5.74) is 1.26. The van der Waals surface area contributed by atoms with Crippen molar-refractivity contribution in [2.24, 2.45) is 0 Å². The lowest BCUT2D eigenvalue weighted by atomic mass is 10.1. The van der Waals surface area contributed by atoms with Crippen LogP contribution in [0.25, 0.3) is 37.5 Å². The number of aryl methyl sites for hydroxylation is 1. The van der Waals surface area contributed by atoms with E-state index in [0.29, 0.717) is 43.2 Å². The quantitative estimate of drug-likeness (QED) is 0.358. The lowest BCUT2D eigenvalue weighted by molar-refractivity contribution is -0.141. The first kappa shape index (κ1) is 17.3. The van der Waals surface area contributed by atoms with Crippen molar-refractivity contribution in [2.75, 3.05) is 0 Å². The molecular formula is C18H9ClF3N5S. The highest BCUT2D eigenvalue weighted by Crippen LogP contribution is 2.39. The van der Waals surface area contributed by atoms with E-state index in [-0.39, 0.29) is 4.83 Å². The number of aromatic nitrogens is 5. The summed E-state index contributed by atoms with van der Waals surface area (Å²) >= 11 is 7.35. The van der Waals surface area contributed by atoms with Crippen LogP contribution in [0.4, 0.5) is 13.2 Å². The maximum absolute atomic E-state index is 13.1. The topological polar surface area (TPSA) is 56.0 Å². The molecule has 0 bridgehead atoms. The van der Waals surface area contributed by atoms with Crippen molar-refractivity contribution in [3.8, 4) is 11.4 Å². The van der Waals surface area contributed by atoms with Gasteiger partial charge in [-0.3, -0.25) is 0 Å². The van der Waals surface area contributed by atoms with Gasteiger partial charge >= 0.3 is 6.18 Å². The minimum atomic E-state index is -4.51. The summed E-state index contributed by atoms with van der Waals surface area (Å²) < 4.78 is 41.5. The minimum absolute atomic E-state index is 0.269. The number of hydrogen-bond acceptors (Lipinski definition) is 5. The lowest BCUT2D eigenvalue weighted by Crippen LogP contribution is -2.07. The predicted molar refractivity (Wildman–Crippen MR) is 102 cm³/mol. The van der Waals surface area contributed by atoms with Crippen LogP contribution in [0.1, 0.15) is 11.3 Å². The molecule has 28 heavy (non-hydrogen) atoms. The van der Waals surface area contributed by atoms with Crippen molar-refractivity contribution in [1.29, 1.82) is 0 Å². The van der Waals surface area contributed by atoms with Gasteiger partial charge in [-0.05, 0) is 30.7 Å². The monoisotopic (exact) mass is 419 g/mol. The van der Waals surface area contributed by atoms with Crippen LogP contribution in [0, 0.1) is 6.92 Å². The molecule has 4 aromatic heterocycles. The van der Waals surface area contributed by atoms with Gasteiger partial charge in [-0.2, -0.15) is 13.2 Å². The van der Waals surface area contributed by atoms with Crippen molar-refractivity contribution in [2.45, 2.75) is 13.1 Å². The third kappa shape index (κ3) is 2.54. The van der Waals surface area contributed by atoms with E-state index < -0.39 is 11.9 Å². The van der Waals surface area contributed by atoms with Crippen LogP contribution in [0.3, 0.4) is 0 Å². The van der Waals surface area contributed by atoms with Crippen molar-refractivity contribution >= 4 is 49.0 Å². The summed E-state index contributed by atoms with van der Waals surface area (Å²) in [6, 6.07) is 8.21. The molecular weight excluding hydrogens is 411 g/mol. The van der Waals surface area contributed by atoms with E-state index in [1.54, 1.807) is 25.1 Å². The Hall–Kier alpha value is -2.78. The Morgan fingerprint density at radius 3 is 2.68 bits per heavy atom. The Morgan fingerprint density at radius 2 is 1.93 bits per heavy atom. The highest BCUT2D eigenvalue weighted by atomic mass is 35.5. The summed E-state index contributed by atoms with van der Waals surface area (Å²) in [6.07, 6.45) is -3.02. The smallest absolute Gasteiger partial charge is 0.234 e. The Labute approximate surface area is 164 Å². The second-order valence-corrected chi connectivity index (χ2v) is 7.62. The van der Waals surface area contributed by atoms with Gasteiger partial charge < -0.3 is 0 Å². The highest BCUT2D eigenvalue weighted by Gasteiger charge is 2.33. The molecule has 5 aromatic rings. The molecule has 5 nitrogen and oxygen atoms in total. The van der Waals surface area contributed by atoms with Gasteiger partial charge in [0.15, 0.2) is 11.5 Å². The molecule has 0 amide bonds. The molecule has 0 atom stereocenters. The number of benzene rings is 1. The van der Waals surface area contributed by atoms with E-state index in [4.69, 9.17) is 11.6 Å². The number of halogens is 4. The van der Waals surface area contributed by atoms with Crippen molar-refractivity contribution < 1.29 is 13.2 Å². The molecule has 140 valence electrons. The number of pyridine rings is 1. The number of thiophene rings is 1. The van der Waals surface area contributed by atoms with Gasteiger partial charge in [0.2, 0.25) is 0 Å². The standard InChI is InChI=1S/C18H9ClF3N5S/c1-8-6-11(18(20,21)22)24-17-12(8)13-14(28-17)16-25-15(26-27(16)7-23-13)9-4-2-3-5-10(9)19/h2-7H,1H3. The van der Waals surface area contributed by atoms with Gasteiger partial charge in [-0.1, -0.05) is 23.7 Å². The molecule has 0 unspecified atom stereocenters. The van der Waals surface area contributed by atoms with E-state index in [2.05, 4.69) is 20.1 Å². The van der Waals surface area contributed by atoms with Gasteiger partial charge in [-0.15, -0.1) is 16.4 Å². The molecule has 4 heterocycles. The Kier molecular flexibility index (Phi) is 3.62. The largest absolute Gasteiger partial charge is 0.433 e. The third-order valence-electron chi connectivity index (χ3n) is 4.37. The summed E-state index contributed by atoms with van der Waals surface area (Å²) in [5, 5.41) is 5.51. The number of fused-ring (bicyclic) bond motifs is 5. The first-order valence-corrected chi connectivity index (χ1v) is 9.29. The number of hydrogen-bond donors (Lipinski definition) is 0. The Balaban J connectivity index is 1.81. The fourth-order valence-electron chi connectivity index (χ4n) is 3.11. The third-order valence-corrected chi connectivity index (χ3v) is 5.77. The van der Waals surface area contributed by atoms with Crippen LogP contribution >= 0.6 is 22.9 Å². The molecule has 0 aliphatic carbocycles. The van der Waals surface area contributed by atoms with E-state index >= 15 is 0 Å². The molecule has 0 aliphatic rings. The maximum Gasteiger partial charge on any atom is 0.433 e. The predicted octanol–water partition coefficient (Wildman–Crippen LogP) is 5.53. The zero-order valence-corrected chi connectivity index (χ0v) is 15.7. The van der Waals surface area contributed by atoms with Crippen LogP contribution < -0.4 is 0 Å². The summed E-state index contributed by atoms with van der Waals surface area (Å²) in [6.45, 7) is 1.62. The second-order valence-electron chi connectivity index (χ2n) is 6.21. The van der Waals surface area contributed by atoms with Crippen LogP contribution in [-0.2, 0) is 6.18 Å². The van der Waals surface area contributed by atoms with Crippen LogP contribution in [0.15, 0.2) is 36.7 Å². The number of alkyl halides is 3. The molecule has 0 N–H and O–H groups in total. The second kappa shape index (κ2) is 5.86. The Bertz CT molecular complexity index is 1390. The van der Waals surface area contributed by atoms with Gasteiger partial charge in [0.1, 0.15) is 21.6 Å². The van der Waals surface area contributed by atoms with Gasteiger partial charge in [0, 0.05) is 10.9 Å². The molecule has 0 saturated heterocycles. The molecule has 10 heteroatoms. The lowest BCUT2D eigenvalue weighted by Gasteiger charge is -2.06. The minimum Gasteiger partial charge on any atom is -0.234 e. The normalized spacial score (nSPS) is 12.5. The summed E-state index contributed by atoms with van der Waals surface area (Å²) in [7, 11) is 0. The SMILES string of the molecule is Cc1cc(C(F)(F)F)nc2sc3c(ncn4nc(-c5ccccc5Cl)nc34)c12. The zero-order chi connectivity index (χ0) is 19.6. The van der Waals surface area contributed by atoms with Gasteiger partial charge in [-0.25, -0.2) is 19.5 Å². The van der Waals surface area contributed by atoms with Gasteiger partial charge in [0.25, 0.3) is 0 Å². The van der Waals surface area contributed by atoms with E-state index in [1.165, 1.54) is 10.8 Å². The first-order chi connectivity index (χ1) is 13.3. The van der Waals surface area contributed by atoms with Crippen molar-refractivity contribution in [3.63, 3.8) is 0 Å². The van der Waals surface area contributed by atoms with Crippen LogP contribution in [0.5, 0.6) is 0 Å².